The summed E-state index contributed by atoms with van der Waals surface area (Å²) in [6, 6.07) is 76.9. The molecule has 0 spiro atoms. The van der Waals surface area contributed by atoms with Gasteiger partial charge in [0.1, 0.15) is 5.58 Å². The van der Waals surface area contributed by atoms with Crippen LogP contribution >= 0.6 is 0 Å². The minimum absolute atomic E-state index is 0.128. The Morgan fingerprint density at radius 3 is 1.71 bits per heavy atom. The van der Waals surface area contributed by atoms with Gasteiger partial charge >= 0.3 is 0 Å². The van der Waals surface area contributed by atoms with Crippen molar-refractivity contribution in [2.75, 3.05) is 9.80 Å². The minimum atomic E-state index is -0.184. The Hall–Kier alpha value is -8.40. The van der Waals surface area contributed by atoms with Gasteiger partial charge in [-0.15, -0.1) is 0 Å². The SMILES string of the molecule is CC1(C)c2ccccc2-c2ccc(N(c3ccccc3)c3ccc4ccc5c(N(c6cc7c8c(ccc9cccc(c98)C7(C)C)c6)c6cccc7c6oc6ccccc67)ccc6ccc3c4c65)cc21. The van der Waals surface area contributed by atoms with E-state index in [4.69, 9.17) is 4.42 Å². The lowest BCUT2D eigenvalue weighted by atomic mass is 9.81. The monoisotopic (exact) mass is 882 g/mol. The molecule has 3 nitrogen and oxygen atoms in total. The van der Waals surface area contributed by atoms with Gasteiger partial charge in [0, 0.05) is 49.4 Å². The first-order valence-electron chi connectivity index (χ1n) is 24.2. The van der Waals surface area contributed by atoms with Crippen molar-refractivity contribution in [3.63, 3.8) is 0 Å². The highest BCUT2D eigenvalue weighted by Crippen LogP contribution is 2.55. The van der Waals surface area contributed by atoms with E-state index in [2.05, 4.69) is 244 Å². The molecule has 3 heteroatoms. The van der Waals surface area contributed by atoms with Crippen LogP contribution in [0.15, 0.2) is 211 Å². The van der Waals surface area contributed by atoms with Crippen molar-refractivity contribution in [3.8, 4) is 11.1 Å². The number of fused-ring (bicyclic) bond motifs is 6. The Morgan fingerprint density at radius 1 is 0.319 bits per heavy atom. The first-order chi connectivity index (χ1) is 33.7. The van der Waals surface area contributed by atoms with Gasteiger partial charge in [-0.3, -0.25) is 0 Å². The van der Waals surface area contributed by atoms with Crippen LogP contribution in [0.25, 0.3) is 86.9 Å². The van der Waals surface area contributed by atoms with Gasteiger partial charge < -0.3 is 14.2 Å². The summed E-state index contributed by atoms with van der Waals surface area (Å²) in [6.07, 6.45) is 0. The molecule has 0 radical (unpaired) electrons. The molecule has 0 N–H and O–H groups in total. The number of furan rings is 1. The zero-order chi connectivity index (χ0) is 45.9. The predicted octanol–water partition coefficient (Wildman–Crippen LogP) is 18.7. The van der Waals surface area contributed by atoms with E-state index in [-0.39, 0.29) is 10.8 Å². The van der Waals surface area contributed by atoms with Crippen molar-refractivity contribution < 1.29 is 4.42 Å². The molecule has 0 saturated heterocycles. The van der Waals surface area contributed by atoms with Crippen LogP contribution in [0.3, 0.4) is 0 Å². The van der Waals surface area contributed by atoms with E-state index in [1.54, 1.807) is 0 Å². The zero-order valence-corrected chi connectivity index (χ0v) is 38.9. The minimum Gasteiger partial charge on any atom is -0.454 e. The molecule has 326 valence electrons. The quantitative estimate of drug-likeness (QED) is 0.155. The smallest absolute Gasteiger partial charge is 0.159 e. The van der Waals surface area contributed by atoms with E-state index in [1.807, 2.05) is 0 Å². The second-order valence-corrected chi connectivity index (χ2v) is 20.4. The number of hydrogen-bond donors (Lipinski definition) is 0. The first-order valence-corrected chi connectivity index (χ1v) is 24.2. The summed E-state index contributed by atoms with van der Waals surface area (Å²) in [6.45, 7) is 9.51. The van der Waals surface area contributed by atoms with E-state index in [0.29, 0.717) is 0 Å². The highest BCUT2D eigenvalue weighted by Gasteiger charge is 2.37. The summed E-state index contributed by atoms with van der Waals surface area (Å²) in [5.74, 6) is 0. The summed E-state index contributed by atoms with van der Waals surface area (Å²) >= 11 is 0. The van der Waals surface area contributed by atoms with Gasteiger partial charge in [0.05, 0.1) is 17.1 Å². The van der Waals surface area contributed by atoms with Crippen molar-refractivity contribution in [2.45, 2.75) is 38.5 Å². The van der Waals surface area contributed by atoms with Gasteiger partial charge in [-0.05, 0) is 137 Å². The third-order valence-electron chi connectivity index (χ3n) is 16.1. The van der Waals surface area contributed by atoms with Crippen LogP contribution in [-0.4, -0.2) is 0 Å². The van der Waals surface area contributed by atoms with Crippen LogP contribution in [-0.2, 0) is 10.8 Å². The van der Waals surface area contributed by atoms with Crippen molar-refractivity contribution in [2.24, 2.45) is 0 Å². The van der Waals surface area contributed by atoms with E-state index < -0.39 is 0 Å². The largest absolute Gasteiger partial charge is 0.454 e. The topological polar surface area (TPSA) is 19.6 Å². The van der Waals surface area contributed by atoms with Crippen LogP contribution < -0.4 is 9.80 Å². The molecule has 0 unspecified atom stereocenters. The fourth-order valence-corrected chi connectivity index (χ4v) is 12.8. The second-order valence-electron chi connectivity index (χ2n) is 20.4. The molecule has 2 aliphatic carbocycles. The maximum Gasteiger partial charge on any atom is 0.159 e. The number of para-hydroxylation sites is 3. The van der Waals surface area contributed by atoms with Gasteiger partial charge in [0.15, 0.2) is 5.58 Å². The second kappa shape index (κ2) is 13.6. The highest BCUT2D eigenvalue weighted by atomic mass is 16.3. The fraction of sp³-hybridized carbons (Fsp3) is 0.0909. The maximum absolute atomic E-state index is 6.91. The molecule has 15 rings (SSSR count). The molecule has 1 aromatic heterocycles. The molecule has 13 aromatic rings. The summed E-state index contributed by atoms with van der Waals surface area (Å²) in [5.41, 5.74) is 16.2. The Labute approximate surface area is 400 Å². The van der Waals surface area contributed by atoms with E-state index in [9.17, 15) is 0 Å². The third kappa shape index (κ3) is 5.17. The number of rotatable bonds is 6. The normalized spacial score (nSPS) is 14.3. The first kappa shape index (κ1) is 38.7. The molecule has 0 saturated carbocycles. The lowest BCUT2D eigenvalue weighted by Gasteiger charge is -2.31. The summed E-state index contributed by atoms with van der Waals surface area (Å²) < 4.78 is 6.91. The van der Waals surface area contributed by atoms with Crippen molar-refractivity contribution in [1.82, 2.24) is 0 Å². The van der Waals surface area contributed by atoms with Crippen LogP contribution in [0, 0.1) is 0 Å². The Morgan fingerprint density at radius 2 is 0.899 bits per heavy atom. The molecule has 69 heavy (non-hydrogen) atoms. The molecule has 0 aliphatic heterocycles. The van der Waals surface area contributed by atoms with E-state index in [1.165, 1.54) is 87.2 Å². The molecule has 0 bridgehead atoms. The molecule has 0 atom stereocenters. The molecule has 12 aromatic carbocycles. The Bertz CT molecular complexity index is 4330. The van der Waals surface area contributed by atoms with Gasteiger partial charge in [0.25, 0.3) is 0 Å². The Kier molecular flexibility index (Phi) is 7.63. The molecular weight excluding hydrogens is 837 g/mol. The number of hydrogen-bond acceptors (Lipinski definition) is 3. The lowest BCUT2D eigenvalue weighted by Crippen LogP contribution is -2.17. The van der Waals surface area contributed by atoms with Crippen LogP contribution in [0.2, 0.25) is 0 Å². The third-order valence-corrected chi connectivity index (χ3v) is 16.1. The van der Waals surface area contributed by atoms with Crippen LogP contribution in [0.4, 0.5) is 34.1 Å². The molecule has 0 amide bonds. The summed E-state index contributed by atoms with van der Waals surface area (Å²) in [5, 5.41) is 14.9. The maximum atomic E-state index is 6.91. The summed E-state index contributed by atoms with van der Waals surface area (Å²) in [4.78, 5) is 4.95. The average Bonchev–Trinajstić information content (AvgIpc) is 3.96. The fourth-order valence-electron chi connectivity index (χ4n) is 12.8. The van der Waals surface area contributed by atoms with E-state index >= 15 is 0 Å². The standard InChI is InChI=1S/C66H46N2O/c1-65(2)52-20-10-8-17-46(52)47-33-30-44(37-54(47)65)67(43-15-6-5-7-16-43)56-34-28-40-27-32-51-57(35-29-41-26-31-50(56)60(40)61(41)51)68(58-22-13-19-49-48-18-9-11-23-59(48)69-64(49)58)45-36-42-25-24-39-14-12-21-53-62(39)63(42)55(38-45)66(53,3)4/h5-38H,1-4H3. The Balaban J connectivity index is 0.988. The van der Waals surface area contributed by atoms with Gasteiger partial charge in [-0.25, -0.2) is 0 Å². The van der Waals surface area contributed by atoms with E-state index in [0.717, 1.165) is 56.1 Å². The van der Waals surface area contributed by atoms with Crippen molar-refractivity contribution >= 4 is 110 Å². The van der Waals surface area contributed by atoms with Crippen molar-refractivity contribution in [3.05, 3.63) is 229 Å². The predicted molar refractivity (Wildman–Crippen MR) is 291 cm³/mol. The molecule has 0 fully saturated rings. The van der Waals surface area contributed by atoms with Gasteiger partial charge in [0.2, 0.25) is 0 Å². The lowest BCUT2D eigenvalue weighted by molar-refractivity contribution is 0.660. The van der Waals surface area contributed by atoms with Gasteiger partial charge in [-0.2, -0.15) is 0 Å². The number of benzene rings is 12. The van der Waals surface area contributed by atoms with Crippen LogP contribution in [0.5, 0.6) is 0 Å². The van der Waals surface area contributed by atoms with Crippen LogP contribution in [0.1, 0.15) is 49.9 Å². The number of anilines is 6. The number of nitrogens with zero attached hydrogens (tertiary/aromatic N) is 2. The highest BCUT2D eigenvalue weighted by molar-refractivity contribution is 6.28. The summed E-state index contributed by atoms with van der Waals surface area (Å²) in [7, 11) is 0. The van der Waals surface area contributed by atoms with Gasteiger partial charge in [-0.1, -0.05) is 173 Å². The molecule has 2 aliphatic rings. The van der Waals surface area contributed by atoms with Crippen molar-refractivity contribution in [1.29, 1.82) is 0 Å². The molecule has 1 heterocycles. The zero-order valence-electron chi connectivity index (χ0n) is 38.9. The average molecular weight is 883 g/mol. The molecular formula is C66H46N2O.